The molecule has 0 amide bonds. The molecule has 1 aliphatic rings. The standard InChI is InChI=1S/C20H21N2.C13H12N.C9H12.2C7H8.C2H6.W/c1-15-7-9-16(10-8-15)17-11-13-19(14-12-17)20(22-21)18-5-3-2-4-6-18;1-14-13-9-7-12(8-10-13)11-5-3-2-4-6-11;1-8(2)9-6-4-3-5-7-9;2*1-7-5-3-2-4-6-7;1-2;/h2-3,5,7-14,20H,4,6,21H2,1H3;2-10H,1H3;3-8H,1-2H3;2*2-6H,1H3;1-2H3;/q2*-1;;;;;+2. The first kappa shape index (κ1) is 52.6. The maximum atomic E-state index is 5.66. The summed E-state index contributed by atoms with van der Waals surface area (Å²) in [5, 5.41) is 4.11. The fourth-order valence-corrected chi connectivity index (χ4v) is 6.19. The third kappa shape index (κ3) is 19.9. The molecular weight excluding hydrogens is 922 g/mol. The molecule has 62 heavy (non-hydrogen) atoms. The molecule has 7 aromatic rings. The SMILES string of the molecule is CC.CC(C)c1ccccc1.C[N-]c1ccc(-c2ccccc2)cc1.Cc1ccc(-c2ccc(C([N-]N)C3=CC=CCC3)cc2)cc1.Cc1ccccc1.Cc1ccccc1.[W+2]. The Kier molecular flexibility index (Phi) is 26.5. The van der Waals surface area contributed by atoms with Crippen LogP contribution in [-0.2, 0) is 21.1 Å². The van der Waals surface area contributed by atoms with E-state index >= 15 is 0 Å². The summed E-state index contributed by atoms with van der Waals surface area (Å²) in [5.41, 5.74) is 17.8. The Hall–Kier alpha value is -5.57. The van der Waals surface area contributed by atoms with E-state index in [1.165, 1.54) is 50.1 Å². The molecule has 0 aromatic heterocycles. The van der Waals surface area contributed by atoms with Gasteiger partial charge in [-0.05, 0) is 67.3 Å². The van der Waals surface area contributed by atoms with Crippen molar-refractivity contribution in [2.45, 2.75) is 73.3 Å². The fraction of sp³-hybridized carbons (Fsp3) is 0.207. The van der Waals surface area contributed by atoms with Gasteiger partial charge in [0, 0.05) is 0 Å². The monoisotopic (exact) mass is 989 g/mol. The van der Waals surface area contributed by atoms with E-state index in [0.29, 0.717) is 5.92 Å². The van der Waals surface area contributed by atoms with Crippen molar-refractivity contribution in [1.29, 1.82) is 0 Å². The average molecular weight is 990 g/mol. The summed E-state index contributed by atoms with van der Waals surface area (Å²) in [6, 6.07) is 66.8. The van der Waals surface area contributed by atoms with Crippen molar-refractivity contribution < 1.29 is 21.1 Å². The average Bonchev–Trinajstić information content (AvgIpc) is 3.33. The molecule has 0 spiro atoms. The van der Waals surface area contributed by atoms with Crippen molar-refractivity contribution in [2.75, 3.05) is 7.05 Å². The van der Waals surface area contributed by atoms with Crippen LogP contribution >= 0.6 is 0 Å². The van der Waals surface area contributed by atoms with Crippen molar-refractivity contribution in [3.05, 3.63) is 256 Å². The summed E-state index contributed by atoms with van der Waals surface area (Å²) in [4.78, 5) is 0. The van der Waals surface area contributed by atoms with Crippen LogP contribution in [0.1, 0.15) is 80.3 Å². The van der Waals surface area contributed by atoms with Gasteiger partial charge in [0.1, 0.15) is 0 Å². The Morgan fingerprint density at radius 2 is 0.855 bits per heavy atom. The zero-order valence-corrected chi connectivity index (χ0v) is 41.1. The summed E-state index contributed by atoms with van der Waals surface area (Å²) in [6.07, 6.45) is 8.51. The van der Waals surface area contributed by atoms with Gasteiger partial charge in [-0.15, -0.1) is 12.7 Å². The molecule has 8 rings (SSSR count). The van der Waals surface area contributed by atoms with E-state index in [-0.39, 0.29) is 27.1 Å². The number of benzene rings is 7. The predicted molar refractivity (Wildman–Crippen MR) is 268 cm³/mol. The van der Waals surface area contributed by atoms with Crippen LogP contribution in [0.2, 0.25) is 0 Å². The molecule has 0 aliphatic heterocycles. The second-order valence-electron chi connectivity index (χ2n) is 14.8. The van der Waals surface area contributed by atoms with E-state index in [0.717, 1.165) is 24.1 Å². The molecule has 0 heterocycles. The number of hydrogen-bond acceptors (Lipinski definition) is 1. The topological polar surface area (TPSA) is 54.2 Å². The van der Waals surface area contributed by atoms with Gasteiger partial charge in [0.05, 0.1) is 0 Å². The zero-order chi connectivity index (χ0) is 44.1. The minimum Gasteiger partial charge on any atom is -0.687 e. The Morgan fingerprint density at radius 3 is 1.21 bits per heavy atom. The summed E-state index contributed by atoms with van der Waals surface area (Å²) >= 11 is 0. The van der Waals surface area contributed by atoms with Crippen LogP contribution in [-0.4, -0.2) is 7.05 Å². The second-order valence-corrected chi connectivity index (χ2v) is 14.8. The van der Waals surface area contributed by atoms with Crippen molar-refractivity contribution in [3.63, 3.8) is 0 Å². The summed E-state index contributed by atoms with van der Waals surface area (Å²) in [7, 11) is 1.80. The molecule has 0 bridgehead atoms. The van der Waals surface area contributed by atoms with Crippen molar-refractivity contribution >= 4 is 5.69 Å². The number of nitrogens with two attached hydrogens (primary N) is 1. The van der Waals surface area contributed by atoms with Crippen molar-refractivity contribution in [1.82, 2.24) is 0 Å². The van der Waals surface area contributed by atoms with Crippen molar-refractivity contribution in [2.24, 2.45) is 5.84 Å². The van der Waals surface area contributed by atoms with E-state index < -0.39 is 0 Å². The molecular formula is C58H67N3W. The normalized spacial score (nSPS) is 11.2. The van der Waals surface area contributed by atoms with Crippen molar-refractivity contribution in [3.8, 4) is 22.3 Å². The molecule has 320 valence electrons. The molecule has 1 atom stereocenters. The second kappa shape index (κ2) is 31.3. The first-order valence-electron chi connectivity index (χ1n) is 21.5. The van der Waals surface area contributed by atoms with Gasteiger partial charge < -0.3 is 16.6 Å². The van der Waals surface area contributed by atoms with Crippen LogP contribution < -0.4 is 5.84 Å². The first-order valence-corrected chi connectivity index (χ1v) is 21.5. The number of hydrogen-bond donors (Lipinski definition) is 1. The number of rotatable bonds is 7. The molecule has 7 aromatic carbocycles. The fourth-order valence-electron chi connectivity index (χ4n) is 6.19. The Bertz CT molecular complexity index is 2160. The zero-order valence-electron chi connectivity index (χ0n) is 38.2. The number of nitrogens with zero attached hydrogens (tertiary/aromatic N) is 2. The van der Waals surface area contributed by atoms with Gasteiger partial charge in [-0.3, -0.25) is 0 Å². The van der Waals surface area contributed by atoms with E-state index in [4.69, 9.17) is 5.84 Å². The Labute approximate surface area is 389 Å². The maximum Gasteiger partial charge on any atom is 2.00 e. The molecule has 2 N–H and O–H groups in total. The van der Waals surface area contributed by atoms with Crippen LogP contribution in [0.3, 0.4) is 0 Å². The predicted octanol–water partition coefficient (Wildman–Crippen LogP) is 17.0. The van der Waals surface area contributed by atoms with Gasteiger partial charge in [-0.25, -0.2) is 0 Å². The van der Waals surface area contributed by atoms with E-state index in [2.05, 4.69) is 185 Å². The molecule has 0 fully saturated rings. The minimum atomic E-state index is -0.0305. The molecule has 0 radical (unpaired) electrons. The summed E-state index contributed by atoms with van der Waals surface area (Å²) < 4.78 is 0. The third-order valence-electron chi connectivity index (χ3n) is 9.74. The van der Waals surface area contributed by atoms with E-state index in [1.54, 1.807) is 7.05 Å². The first-order chi connectivity index (χ1) is 29.8. The van der Waals surface area contributed by atoms with E-state index in [9.17, 15) is 0 Å². The third-order valence-corrected chi connectivity index (χ3v) is 9.74. The number of aryl methyl sites for hydroxylation is 3. The Balaban J connectivity index is 0.000000284. The van der Waals surface area contributed by atoms with E-state index in [1.807, 2.05) is 86.6 Å². The van der Waals surface area contributed by atoms with Crippen LogP contribution in [0.25, 0.3) is 33.0 Å². The Morgan fingerprint density at radius 1 is 0.468 bits per heavy atom. The van der Waals surface area contributed by atoms with Crippen LogP contribution in [0.5, 0.6) is 0 Å². The quantitative estimate of drug-likeness (QED) is 0.126. The van der Waals surface area contributed by atoms with Gasteiger partial charge in [0.25, 0.3) is 0 Å². The summed E-state index contributed by atoms with van der Waals surface area (Å²) in [6.45, 7) is 14.7. The van der Waals surface area contributed by atoms with Gasteiger partial charge in [0.2, 0.25) is 0 Å². The van der Waals surface area contributed by atoms with Crippen LogP contribution in [0, 0.1) is 20.8 Å². The molecule has 1 aliphatic carbocycles. The van der Waals surface area contributed by atoms with Gasteiger partial charge in [0.15, 0.2) is 0 Å². The molecule has 1 unspecified atom stereocenters. The maximum absolute atomic E-state index is 5.66. The molecule has 3 nitrogen and oxygen atoms in total. The van der Waals surface area contributed by atoms with Crippen LogP contribution in [0.4, 0.5) is 5.69 Å². The van der Waals surface area contributed by atoms with Crippen LogP contribution in [0.15, 0.2) is 218 Å². The molecule has 0 saturated carbocycles. The number of allylic oxidation sites excluding steroid dienone is 3. The van der Waals surface area contributed by atoms with Gasteiger partial charge >= 0.3 is 21.1 Å². The molecule has 0 saturated heterocycles. The minimum absolute atomic E-state index is 0. The van der Waals surface area contributed by atoms with Gasteiger partial charge in [-0.2, -0.15) is 0 Å². The summed E-state index contributed by atoms with van der Waals surface area (Å²) in [5.74, 6) is 6.32. The van der Waals surface area contributed by atoms with Gasteiger partial charge in [-0.1, -0.05) is 274 Å². The largest absolute Gasteiger partial charge is 2.00 e. The smallest absolute Gasteiger partial charge is 0.687 e. The molecule has 4 heteroatoms.